The van der Waals surface area contributed by atoms with E-state index in [2.05, 4.69) is 10.3 Å². The molecule has 0 spiro atoms. The van der Waals surface area contributed by atoms with Crippen molar-refractivity contribution < 1.29 is 14.2 Å². The van der Waals surface area contributed by atoms with Crippen molar-refractivity contribution in [1.82, 2.24) is 10.3 Å². The van der Waals surface area contributed by atoms with Gasteiger partial charge >= 0.3 is 0 Å². The van der Waals surface area contributed by atoms with E-state index in [1.807, 2.05) is 25.3 Å². The number of halogens is 1. The number of aryl methyl sites for hydroxylation is 1. The lowest BCUT2D eigenvalue weighted by Crippen LogP contribution is -2.31. The monoisotopic (exact) mass is 290 g/mol. The molecule has 1 aromatic carbocycles. The Hall–Kier alpha value is -1.98. The average Bonchev–Trinajstić information content (AvgIpc) is 2.49. The van der Waals surface area contributed by atoms with Gasteiger partial charge in [0.1, 0.15) is 24.3 Å². The maximum Gasteiger partial charge on any atom is 0.123 e. The molecule has 0 amide bonds. The number of benzene rings is 1. The molecule has 112 valence electrons. The number of rotatable bonds is 7. The highest BCUT2D eigenvalue weighted by molar-refractivity contribution is 5.22. The highest BCUT2D eigenvalue weighted by Crippen LogP contribution is 2.11. The van der Waals surface area contributed by atoms with E-state index in [1.54, 1.807) is 0 Å². The molecular formula is C16H19FN2O2. The molecule has 0 aliphatic carbocycles. The van der Waals surface area contributed by atoms with Gasteiger partial charge in [-0.1, -0.05) is 6.07 Å². The van der Waals surface area contributed by atoms with E-state index in [-0.39, 0.29) is 12.4 Å². The van der Waals surface area contributed by atoms with Gasteiger partial charge in [-0.15, -0.1) is 0 Å². The molecule has 0 saturated heterocycles. The van der Waals surface area contributed by atoms with Gasteiger partial charge in [-0.25, -0.2) is 4.39 Å². The fourth-order valence-electron chi connectivity index (χ4n) is 1.77. The first kappa shape index (κ1) is 15.4. The fraction of sp³-hybridized carbons (Fsp3) is 0.312. The average molecular weight is 290 g/mol. The molecule has 1 aromatic heterocycles. The number of nitrogens with zero attached hydrogens (tertiary/aromatic N) is 1. The van der Waals surface area contributed by atoms with Gasteiger partial charge in [-0.2, -0.15) is 0 Å². The third-order valence-corrected chi connectivity index (χ3v) is 2.94. The van der Waals surface area contributed by atoms with E-state index in [4.69, 9.17) is 4.74 Å². The maximum absolute atomic E-state index is 12.7. The maximum atomic E-state index is 12.7. The normalized spacial score (nSPS) is 12.1. The molecular weight excluding hydrogens is 271 g/mol. The smallest absolute Gasteiger partial charge is 0.123 e. The Labute approximate surface area is 123 Å². The van der Waals surface area contributed by atoms with Crippen LogP contribution in [0.4, 0.5) is 4.39 Å². The number of ether oxygens (including phenoxy) is 1. The van der Waals surface area contributed by atoms with E-state index < -0.39 is 6.10 Å². The van der Waals surface area contributed by atoms with Crippen LogP contribution in [0.5, 0.6) is 5.75 Å². The minimum Gasteiger partial charge on any atom is -0.491 e. The van der Waals surface area contributed by atoms with E-state index in [0.29, 0.717) is 18.8 Å². The standard InChI is InChI=1S/C16H19FN2O2/c1-12-2-3-13(9-19-12)8-18-10-15(20)11-21-16-6-4-14(17)5-7-16/h2-7,9,15,18,20H,8,10-11H2,1H3. The summed E-state index contributed by atoms with van der Waals surface area (Å²) in [5, 5.41) is 12.9. The molecule has 0 bridgehead atoms. The Kier molecular flexibility index (Phi) is 5.66. The van der Waals surface area contributed by atoms with Crippen molar-refractivity contribution in [2.45, 2.75) is 19.6 Å². The second kappa shape index (κ2) is 7.71. The van der Waals surface area contributed by atoms with Gasteiger partial charge in [0.25, 0.3) is 0 Å². The highest BCUT2D eigenvalue weighted by atomic mass is 19.1. The van der Waals surface area contributed by atoms with Crippen LogP contribution in [0.1, 0.15) is 11.3 Å². The van der Waals surface area contributed by atoms with Crippen molar-refractivity contribution in [3.8, 4) is 5.75 Å². The molecule has 1 heterocycles. The topological polar surface area (TPSA) is 54.4 Å². The molecule has 0 aliphatic rings. The molecule has 0 fully saturated rings. The summed E-state index contributed by atoms with van der Waals surface area (Å²) in [6.45, 7) is 3.15. The molecule has 21 heavy (non-hydrogen) atoms. The summed E-state index contributed by atoms with van der Waals surface area (Å²) in [4.78, 5) is 4.20. The van der Waals surface area contributed by atoms with Crippen molar-refractivity contribution in [2.75, 3.05) is 13.2 Å². The van der Waals surface area contributed by atoms with Gasteiger partial charge in [0.15, 0.2) is 0 Å². The Morgan fingerprint density at radius 3 is 2.67 bits per heavy atom. The first-order valence-corrected chi connectivity index (χ1v) is 6.82. The zero-order valence-electron chi connectivity index (χ0n) is 11.9. The van der Waals surface area contributed by atoms with E-state index in [0.717, 1.165) is 11.3 Å². The van der Waals surface area contributed by atoms with Crippen LogP contribution < -0.4 is 10.1 Å². The van der Waals surface area contributed by atoms with Crippen LogP contribution in [0.25, 0.3) is 0 Å². The summed E-state index contributed by atoms with van der Waals surface area (Å²) in [6, 6.07) is 9.66. The predicted octanol–water partition coefficient (Wildman–Crippen LogP) is 2.06. The van der Waals surface area contributed by atoms with Crippen molar-refractivity contribution in [2.24, 2.45) is 0 Å². The lowest BCUT2D eigenvalue weighted by Gasteiger charge is -2.13. The summed E-state index contributed by atoms with van der Waals surface area (Å²) < 4.78 is 18.1. The Morgan fingerprint density at radius 2 is 2.00 bits per heavy atom. The number of pyridine rings is 1. The van der Waals surface area contributed by atoms with Gasteiger partial charge in [0.2, 0.25) is 0 Å². The molecule has 0 saturated carbocycles. The van der Waals surface area contributed by atoms with E-state index >= 15 is 0 Å². The molecule has 4 nitrogen and oxygen atoms in total. The Morgan fingerprint density at radius 1 is 1.24 bits per heavy atom. The molecule has 2 N–H and O–H groups in total. The Balaban J connectivity index is 1.66. The largest absolute Gasteiger partial charge is 0.491 e. The quantitative estimate of drug-likeness (QED) is 0.819. The van der Waals surface area contributed by atoms with Crippen LogP contribution >= 0.6 is 0 Å². The number of nitrogens with one attached hydrogen (secondary N) is 1. The number of aromatic nitrogens is 1. The molecule has 2 rings (SSSR count). The zero-order valence-corrected chi connectivity index (χ0v) is 11.9. The van der Waals surface area contributed by atoms with Gasteiger partial charge in [0.05, 0.1) is 0 Å². The van der Waals surface area contributed by atoms with Crippen molar-refractivity contribution in [3.63, 3.8) is 0 Å². The number of aliphatic hydroxyl groups excluding tert-OH is 1. The third kappa shape index (κ3) is 5.49. The van der Waals surface area contributed by atoms with Gasteiger partial charge in [0, 0.05) is 25.0 Å². The summed E-state index contributed by atoms with van der Waals surface area (Å²) in [5.74, 6) is 0.231. The van der Waals surface area contributed by atoms with Gasteiger partial charge < -0.3 is 15.2 Å². The van der Waals surface area contributed by atoms with Crippen LogP contribution in [0, 0.1) is 12.7 Å². The second-order valence-corrected chi connectivity index (χ2v) is 4.86. The first-order valence-electron chi connectivity index (χ1n) is 6.82. The van der Waals surface area contributed by atoms with Crippen LogP contribution in [0.3, 0.4) is 0 Å². The van der Waals surface area contributed by atoms with Crippen LogP contribution in [-0.2, 0) is 6.54 Å². The minimum atomic E-state index is -0.631. The van der Waals surface area contributed by atoms with E-state index in [1.165, 1.54) is 24.3 Å². The fourth-order valence-corrected chi connectivity index (χ4v) is 1.77. The summed E-state index contributed by atoms with van der Waals surface area (Å²) >= 11 is 0. The molecule has 2 aromatic rings. The van der Waals surface area contributed by atoms with Crippen LogP contribution in [0.2, 0.25) is 0 Å². The number of hydrogen-bond donors (Lipinski definition) is 2. The van der Waals surface area contributed by atoms with Crippen molar-refractivity contribution in [1.29, 1.82) is 0 Å². The predicted molar refractivity (Wildman–Crippen MR) is 78.6 cm³/mol. The lowest BCUT2D eigenvalue weighted by atomic mass is 10.2. The highest BCUT2D eigenvalue weighted by Gasteiger charge is 2.05. The minimum absolute atomic E-state index is 0.158. The van der Waals surface area contributed by atoms with Gasteiger partial charge in [-0.3, -0.25) is 4.98 Å². The van der Waals surface area contributed by atoms with Crippen molar-refractivity contribution in [3.05, 3.63) is 59.7 Å². The van der Waals surface area contributed by atoms with Crippen LogP contribution in [-0.4, -0.2) is 29.3 Å². The molecule has 0 aliphatic heterocycles. The summed E-state index contributed by atoms with van der Waals surface area (Å²) in [6.07, 6.45) is 1.18. The third-order valence-electron chi connectivity index (χ3n) is 2.94. The molecule has 1 unspecified atom stereocenters. The van der Waals surface area contributed by atoms with Crippen molar-refractivity contribution >= 4 is 0 Å². The summed E-state index contributed by atoms with van der Waals surface area (Å²) in [5.41, 5.74) is 2.04. The molecule has 1 atom stereocenters. The second-order valence-electron chi connectivity index (χ2n) is 4.86. The van der Waals surface area contributed by atoms with E-state index in [9.17, 15) is 9.50 Å². The molecule has 0 radical (unpaired) electrons. The lowest BCUT2D eigenvalue weighted by molar-refractivity contribution is 0.106. The number of aliphatic hydroxyl groups is 1. The summed E-state index contributed by atoms with van der Waals surface area (Å²) in [7, 11) is 0. The Bertz CT molecular complexity index is 543. The molecule has 5 heteroatoms. The van der Waals surface area contributed by atoms with Gasteiger partial charge in [-0.05, 0) is 42.8 Å². The first-order chi connectivity index (χ1) is 10.1. The SMILES string of the molecule is Cc1ccc(CNCC(O)COc2ccc(F)cc2)cn1. The number of hydrogen-bond acceptors (Lipinski definition) is 4. The zero-order chi connectivity index (χ0) is 15.1. The van der Waals surface area contributed by atoms with Crippen LogP contribution in [0.15, 0.2) is 42.6 Å².